The van der Waals surface area contributed by atoms with E-state index in [0.717, 1.165) is 10.6 Å². The van der Waals surface area contributed by atoms with Crippen LogP contribution in [0, 0.1) is 0 Å². The molecule has 0 aliphatic rings. The summed E-state index contributed by atoms with van der Waals surface area (Å²) >= 11 is 0. The molecule has 0 rings (SSSR count). The van der Waals surface area contributed by atoms with Crippen molar-refractivity contribution in [2.24, 2.45) is 0 Å². The predicted octanol–water partition coefficient (Wildman–Crippen LogP) is 1.26. The lowest BCUT2D eigenvalue weighted by Crippen LogP contribution is -2.42. The van der Waals surface area contributed by atoms with Crippen LogP contribution in [0.15, 0.2) is 24.3 Å². The molecule has 2 atom stereocenters. The summed E-state index contributed by atoms with van der Waals surface area (Å²) in [5.74, 6) is -1.18. The van der Waals surface area contributed by atoms with Crippen molar-refractivity contribution in [3.8, 4) is 0 Å². The molecule has 0 amide bonds. The molecule has 0 aliphatic heterocycles. The Morgan fingerprint density at radius 3 is 1.48 bits per heavy atom. The third kappa shape index (κ3) is 8.51. The second-order valence-corrected chi connectivity index (χ2v) is 7.55. The monoisotopic (exact) mass is 347 g/mol. The first-order chi connectivity index (χ1) is 10.3. The number of esters is 2. The molecule has 23 heavy (non-hydrogen) atoms. The summed E-state index contributed by atoms with van der Waals surface area (Å²) in [6, 6.07) is 0. The van der Waals surface area contributed by atoms with Gasteiger partial charge in [0.05, 0.1) is 19.3 Å². The van der Waals surface area contributed by atoms with E-state index in [0.29, 0.717) is 0 Å². The fourth-order valence-electron chi connectivity index (χ4n) is 1.56. The number of sulfonamides is 1. The van der Waals surface area contributed by atoms with Gasteiger partial charge in [-0.15, -0.1) is 0 Å². The highest BCUT2D eigenvalue weighted by atomic mass is 32.2. The van der Waals surface area contributed by atoms with E-state index < -0.39 is 34.2 Å². The van der Waals surface area contributed by atoms with E-state index in [4.69, 9.17) is 9.47 Å². The van der Waals surface area contributed by atoms with Gasteiger partial charge in [-0.2, -0.15) is 4.31 Å². The van der Waals surface area contributed by atoms with Crippen LogP contribution in [0.3, 0.4) is 0 Å². The van der Waals surface area contributed by atoms with Gasteiger partial charge in [-0.1, -0.05) is 13.2 Å². The number of ether oxygens (including phenoxy) is 2. The summed E-state index contributed by atoms with van der Waals surface area (Å²) < 4.78 is 34.9. The summed E-state index contributed by atoms with van der Waals surface area (Å²) in [6.07, 6.45) is -0.302. The summed E-state index contributed by atoms with van der Waals surface area (Å²) in [4.78, 5) is 22.9. The zero-order valence-corrected chi connectivity index (χ0v) is 15.1. The zero-order chi connectivity index (χ0) is 18.4. The van der Waals surface area contributed by atoms with E-state index in [-0.39, 0.29) is 24.2 Å². The zero-order valence-electron chi connectivity index (χ0n) is 14.3. The largest absolute Gasteiger partial charge is 0.458 e. The molecule has 0 aliphatic carbocycles. The van der Waals surface area contributed by atoms with Crippen LogP contribution in [0.1, 0.15) is 27.7 Å². The molecule has 0 fully saturated rings. The lowest BCUT2D eigenvalue weighted by molar-refractivity contribution is -0.144. The van der Waals surface area contributed by atoms with Gasteiger partial charge in [0, 0.05) is 11.1 Å². The van der Waals surface area contributed by atoms with Crippen molar-refractivity contribution in [1.82, 2.24) is 4.31 Å². The molecular weight excluding hydrogens is 322 g/mol. The van der Waals surface area contributed by atoms with Crippen LogP contribution in [-0.2, 0) is 29.1 Å². The maximum absolute atomic E-state index is 11.9. The Hall–Kier alpha value is -1.67. The van der Waals surface area contributed by atoms with Crippen molar-refractivity contribution in [1.29, 1.82) is 0 Å². The topological polar surface area (TPSA) is 90.0 Å². The lowest BCUT2D eigenvalue weighted by atomic mass is 10.3. The highest BCUT2D eigenvalue weighted by Crippen LogP contribution is 2.08. The Labute approximate surface area is 138 Å². The molecule has 0 spiro atoms. The smallest absolute Gasteiger partial charge is 0.333 e. The van der Waals surface area contributed by atoms with Gasteiger partial charge in [-0.25, -0.2) is 18.0 Å². The van der Waals surface area contributed by atoms with Gasteiger partial charge in [0.1, 0.15) is 12.2 Å². The van der Waals surface area contributed by atoms with Crippen molar-refractivity contribution in [2.45, 2.75) is 39.9 Å². The van der Waals surface area contributed by atoms with E-state index in [2.05, 4.69) is 13.2 Å². The van der Waals surface area contributed by atoms with Crippen LogP contribution < -0.4 is 0 Å². The minimum absolute atomic E-state index is 0.0488. The minimum Gasteiger partial charge on any atom is -0.458 e. The van der Waals surface area contributed by atoms with Gasteiger partial charge >= 0.3 is 11.9 Å². The molecule has 7 nitrogen and oxygen atoms in total. The van der Waals surface area contributed by atoms with Crippen LogP contribution in [-0.4, -0.2) is 56.2 Å². The Kier molecular flexibility index (Phi) is 8.19. The van der Waals surface area contributed by atoms with Gasteiger partial charge in [-0.05, 0) is 27.7 Å². The number of nitrogens with zero attached hydrogens (tertiary/aromatic N) is 1. The van der Waals surface area contributed by atoms with Crippen LogP contribution in [0.2, 0.25) is 0 Å². The number of carbonyl (C=O) groups is 2. The number of carbonyl (C=O) groups excluding carboxylic acids is 2. The molecule has 132 valence electrons. The maximum atomic E-state index is 11.9. The Morgan fingerprint density at radius 1 is 0.957 bits per heavy atom. The highest BCUT2D eigenvalue weighted by Gasteiger charge is 2.25. The molecule has 0 saturated heterocycles. The lowest BCUT2D eigenvalue weighted by Gasteiger charge is -2.26. The van der Waals surface area contributed by atoms with Crippen molar-refractivity contribution in [3.63, 3.8) is 0 Å². The molecule has 0 radical (unpaired) electrons. The number of hydrogen-bond donors (Lipinski definition) is 0. The maximum Gasteiger partial charge on any atom is 0.333 e. The minimum atomic E-state index is -3.56. The van der Waals surface area contributed by atoms with Gasteiger partial charge in [0.25, 0.3) is 0 Å². The van der Waals surface area contributed by atoms with Crippen molar-refractivity contribution < 1.29 is 27.5 Å². The van der Waals surface area contributed by atoms with E-state index in [9.17, 15) is 18.0 Å². The third-order valence-corrected chi connectivity index (χ3v) is 3.94. The van der Waals surface area contributed by atoms with E-state index >= 15 is 0 Å². The fourth-order valence-corrected chi connectivity index (χ4v) is 2.52. The first-order valence-corrected chi connectivity index (χ1v) is 8.87. The third-order valence-electron chi connectivity index (χ3n) is 2.70. The second-order valence-electron chi connectivity index (χ2n) is 5.57. The van der Waals surface area contributed by atoms with Crippen molar-refractivity contribution in [2.75, 3.05) is 19.3 Å². The fraction of sp³-hybridized carbons (Fsp3) is 0.600. The summed E-state index contributed by atoms with van der Waals surface area (Å²) in [5, 5.41) is 0. The molecule has 0 aromatic carbocycles. The molecule has 0 aromatic heterocycles. The predicted molar refractivity (Wildman–Crippen MR) is 87.2 cm³/mol. The van der Waals surface area contributed by atoms with E-state index in [1.807, 2.05) is 0 Å². The Balaban J connectivity index is 4.85. The van der Waals surface area contributed by atoms with Crippen LogP contribution in [0.5, 0.6) is 0 Å². The summed E-state index contributed by atoms with van der Waals surface area (Å²) in [6.45, 7) is 13.0. The molecule has 0 bridgehead atoms. The second kappa shape index (κ2) is 8.83. The van der Waals surface area contributed by atoms with Crippen LogP contribution >= 0.6 is 0 Å². The highest BCUT2D eigenvalue weighted by molar-refractivity contribution is 7.88. The summed E-state index contributed by atoms with van der Waals surface area (Å²) in [7, 11) is -3.56. The number of hydrogen-bond acceptors (Lipinski definition) is 6. The molecule has 0 N–H and O–H groups in total. The van der Waals surface area contributed by atoms with Crippen LogP contribution in [0.4, 0.5) is 0 Å². The van der Waals surface area contributed by atoms with Gasteiger partial charge < -0.3 is 9.47 Å². The van der Waals surface area contributed by atoms with E-state index in [1.54, 1.807) is 13.8 Å². The normalized spacial score (nSPS) is 14.0. The van der Waals surface area contributed by atoms with Gasteiger partial charge in [0.15, 0.2) is 0 Å². The first kappa shape index (κ1) is 21.3. The van der Waals surface area contributed by atoms with Gasteiger partial charge in [0.2, 0.25) is 10.0 Å². The van der Waals surface area contributed by atoms with Gasteiger partial charge in [-0.3, -0.25) is 0 Å². The average molecular weight is 347 g/mol. The molecule has 0 aromatic rings. The SMILES string of the molecule is C=C(C)C(=O)OC(C)CN(CC(C)OC(=O)C(=C)C)S(C)(=O)=O. The van der Waals surface area contributed by atoms with Crippen molar-refractivity contribution >= 4 is 22.0 Å². The Bertz CT molecular complexity index is 545. The molecular formula is C15H25NO6S. The summed E-state index contributed by atoms with van der Waals surface area (Å²) in [5.41, 5.74) is 0.457. The van der Waals surface area contributed by atoms with Crippen LogP contribution in [0.25, 0.3) is 0 Å². The average Bonchev–Trinajstić information content (AvgIpc) is 2.36. The number of rotatable bonds is 9. The molecule has 8 heteroatoms. The Morgan fingerprint density at radius 2 is 1.26 bits per heavy atom. The molecule has 0 heterocycles. The van der Waals surface area contributed by atoms with Crippen molar-refractivity contribution in [3.05, 3.63) is 24.3 Å². The molecule has 2 unspecified atom stereocenters. The quantitative estimate of drug-likeness (QED) is 0.461. The molecule has 0 saturated carbocycles. The van der Waals surface area contributed by atoms with E-state index in [1.165, 1.54) is 13.8 Å². The standard InChI is InChI=1S/C15H25NO6S/c1-10(2)14(17)21-12(5)8-16(23(7,19)20)9-13(6)22-15(18)11(3)4/h12-13H,1,3,8-9H2,2,4-7H3. The first-order valence-electron chi connectivity index (χ1n) is 7.02.